The maximum Gasteiger partial charge on any atom is 0.270 e. The number of non-ortho nitro benzene ring substituents is 1. The SMILES string of the molecule is CN(C)c1ccc(/C=C/C(=O)c2cccc([N+](=O)[O-])c2)cc1. The number of anilines is 1. The Morgan fingerprint density at radius 2 is 1.82 bits per heavy atom. The Bertz CT molecular complexity index is 719. The molecule has 22 heavy (non-hydrogen) atoms. The van der Waals surface area contributed by atoms with Crippen molar-refractivity contribution in [3.8, 4) is 0 Å². The lowest BCUT2D eigenvalue weighted by Gasteiger charge is -2.11. The molecule has 2 aromatic carbocycles. The molecule has 2 aromatic rings. The number of carbonyl (C=O) groups excluding carboxylic acids is 1. The Kier molecular flexibility index (Phi) is 4.68. The van der Waals surface area contributed by atoms with Crippen LogP contribution >= 0.6 is 0 Å². The maximum absolute atomic E-state index is 12.1. The van der Waals surface area contributed by atoms with Crippen LogP contribution in [-0.2, 0) is 0 Å². The molecule has 0 bridgehead atoms. The third kappa shape index (κ3) is 3.79. The van der Waals surface area contributed by atoms with Gasteiger partial charge in [0.1, 0.15) is 0 Å². The maximum atomic E-state index is 12.1. The van der Waals surface area contributed by atoms with Crippen LogP contribution in [0.25, 0.3) is 6.08 Å². The van der Waals surface area contributed by atoms with Gasteiger partial charge in [-0.15, -0.1) is 0 Å². The lowest BCUT2D eigenvalue weighted by atomic mass is 10.1. The van der Waals surface area contributed by atoms with Crippen molar-refractivity contribution in [2.45, 2.75) is 0 Å². The number of nitro groups is 1. The highest BCUT2D eigenvalue weighted by Gasteiger charge is 2.09. The van der Waals surface area contributed by atoms with E-state index >= 15 is 0 Å². The Morgan fingerprint density at radius 3 is 2.41 bits per heavy atom. The van der Waals surface area contributed by atoms with Gasteiger partial charge in [0, 0.05) is 37.5 Å². The lowest BCUT2D eigenvalue weighted by molar-refractivity contribution is -0.384. The molecule has 0 spiro atoms. The first-order valence-electron chi connectivity index (χ1n) is 6.71. The van der Waals surface area contributed by atoms with Gasteiger partial charge in [-0.3, -0.25) is 14.9 Å². The summed E-state index contributed by atoms with van der Waals surface area (Å²) in [6.07, 6.45) is 3.12. The van der Waals surface area contributed by atoms with E-state index in [2.05, 4.69) is 0 Å². The molecule has 0 amide bonds. The first-order chi connectivity index (χ1) is 10.5. The van der Waals surface area contributed by atoms with E-state index in [1.807, 2.05) is 43.3 Å². The second kappa shape index (κ2) is 6.67. The van der Waals surface area contributed by atoms with Gasteiger partial charge in [0.05, 0.1) is 4.92 Å². The van der Waals surface area contributed by atoms with E-state index in [1.165, 1.54) is 24.3 Å². The summed E-state index contributed by atoms with van der Waals surface area (Å²) in [5, 5.41) is 10.7. The highest BCUT2D eigenvalue weighted by atomic mass is 16.6. The minimum atomic E-state index is -0.513. The minimum Gasteiger partial charge on any atom is -0.378 e. The molecule has 0 aliphatic rings. The third-order valence-electron chi connectivity index (χ3n) is 3.18. The predicted octanol–water partition coefficient (Wildman–Crippen LogP) is 3.56. The molecular formula is C17H16N2O3. The molecule has 0 saturated heterocycles. The molecule has 0 heterocycles. The van der Waals surface area contributed by atoms with Crippen molar-refractivity contribution >= 4 is 23.2 Å². The van der Waals surface area contributed by atoms with Crippen LogP contribution < -0.4 is 4.90 Å². The average Bonchev–Trinajstić information content (AvgIpc) is 2.53. The third-order valence-corrected chi connectivity index (χ3v) is 3.18. The topological polar surface area (TPSA) is 63.5 Å². The fourth-order valence-corrected chi connectivity index (χ4v) is 1.92. The van der Waals surface area contributed by atoms with E-state index in [-0.39, 0.29) is 11.5 Å². The Labute approximate surface area is 128 Å². The van der Waals surface area contributed by atoms with E-state index in [0.29, 0.717) is 5.56 Å². The molecule has 0 unspecified atom stereocenters. The van der Waals surface area contributed by atoms with E-state index in [4.69, 9.17) is 0 Å². The van der Waals surface area contributed by atoms with Gasteiger partial charge < -0.3 is 4.90 Å². The number of hydrogen-bond acceptors (Lipinski definition) is 4. The Balaban J connectivity index is 2.14. The number of hydrogen-bond donors (Lipinski definition) is 0. The summed E-state index contributed by atoms with van der Waals surface area (Å²) in [7, 11) is 3.91. The molecule has 0 fully saturated rings. The summed E-state index contributed by atoms with van der Waals surface area (Å²) in [5.41, 5.74) is 2.18. The molecule has 0 atom stereocenters. The van der Waals surface area contributed by atoms with Gasteiger partial charge in [0.25, 0.3) is 5.69 Å². The number of nitro benzene ring substituents is 1. The summed E-state index contributed by atoms with van der Waals surface area (Å²) in [6, 6.07) is 13.4. The van der Waals surface area contributed by atoms with Crippen molar-refractivity contribution < 1.29 is 9.72 Å². The van der Waals surface area contributed by atoms with Crippen molar-refractivity contribution in [2.24, 2.45) is 0 Å². The molecule has 0 aliphatic carbocycles. The zero-order chi connectivity index (χ0) is 16.1. The molecular weight excluding hydrogens is 280 g/mol. The summed E-state index contributed by atoms with van der Waals surface area (Å²) in [6.45, 7) is 0. The molecule has 5 heteroatoms. The van der Waals surface area contributed by atoms with Crippen molar-refractivity contribution in [3.05, 3.63) is 75.8 Å². The molecule has 0 N–H and O–H groups in total. The largest absolute Gasteiger partial charge is 0.378 e. The highest BCUT2D eigenvalue weighted by molar-refractivity contribution is 6.07. The molecule has 0 aliphatic heterocycles. The number of rotatable bonds is 5. The van der Waals surface area contributed by atoms with Crippen molar-refractivity contribution in [1.29, 1.82) is 0 Å². The van der Waals surface area contributed by atoms with E-state index in [9.17, 15) is 14.9 Å². The predicted molar refractivity (Wildman–Crippen MR) is 87.2 cm³/mol. The number of allylic oxidation sites excluding steroid dienone is 1. The Morgan fingerprint density at radius 1 is 1.14 bits per heavy atom. The van der Waals surface area contributed by atoms with Crippen LogP contribution in [0.4, 0.5) is 11.4 Å². The fraction of sp³-hybridized carbons (Fsp3) is 0.118. The lowest BCUT2D eigenvalue weighted by Crippen LogP contribution is -2.07. The van der Waals surface area contributed by atoms with Crippen LogP contribution in [0.5, 0.6) is 0 Å². The number of nitrogens with zero attached hydrogens (tertiary/aromatic N) is 2. The van der Waals surface area contributed by atoms with E-state index in [1.54, 1.807) is 12.1 Å². The molecule has 0 radical (unpaired) electrons. The van der Waals surface area contributed by atoms with Crippen LogP contribution in [0.15, 0.2) is 54.6 Å². The van der Waals surface area contributed by atoms with Crippen molar-refractivity contribution in [3.63, 3.8) is 0 Å². The van der Waals surface area contributed by atoms with Crippen LogP contribution in [0.1, 0.15) is 15.9 Å². The van der Waals surface area contributed by atoms with Gasteiger partial charge in [-0.2, -0.15) is 0 Å². The summed E-state index contributed by atoms with van der Waals surface area (Å²) in [5.74, 6) is -0.264. The van der Waals surface area contributed by atoms with Crippen LogP contribution in [-0.4, -0.2) is 24.8 Å². The van der Waals surface area contributed by atoms with Crippen LogP contribution in [0, 0.1) is 10.1 Å². The molecule has 112 valence electrons. The normalized spacial score (nSPS) is 10.6. The smallest absolute Gasteiger partial charge is 0.270 e. The first-order valence-corrected chi connectivity index (χ1v) is 6.71. The first kappa shape index (κ1) is 15.4. The number of carbonyl (C=O) groups is 1. The van der Waals surface area contributed by atoms with Gasteiger partial charge in [-0.05, 0) is 23.8 Å². The monoisotopic (exact) mass is 296 g/mol. The van der Waals surface area contributed by atoms with Crippen molar-refractivity contribution in [1.82, 2.24) is 0 Å². The van der Waals surface area contributed by atoms with Crippen LogP contribution in [0.3, 0.4) is 0 Å². The van der Waals surface area contributed by atoms with E-state index in [0.717, 1.165) is 11.3 Å². The molecule has 2 rings (SSSR count). The summed E-state index contributed by atoms with van der Waals surface area (Å²) >= 11 is 0. The van der Waals surface area contributed by atoms with Gasteiger partial charge in [0.15, 0.2) is 5.78 Å². The Hall–Kier alpha value is -2.95. The van der Waals surface area contributed by atoms with Crippen molar-refractivity contribution in [2.75, 3.05) is 19.0 Å². The van der Waals surface area contributed by atoms with Crippen LogP contribution in [0.2, 0.25) is 0 Å². The van der Waals surface area contributed by atoms with E-state index < -0.39 is 4.92 Å². The standard InChI is InChI=1S/C17H16N2O3/c1-18(2)15-9-6-13(7-10-15)8-11-17(20)14-4-3-5-16(12-14)19(21)22/h3-12H,1-2H3/b11-8+. The summed E-state index contributed by atoms with van der Waals surface area (Å²) < 4.78 is 0. The quantitative estimate of drug-likeness (QED) is 0.366. The zero-order valence-corrected chi connectivity index (χ0v) is 12.4. The number of ketones is 1. The van der Waals surface area contributed by atoms with Gasteiger partial charge >= 0.3 is 0 Å². The average molecular weight is 296 g/mol. The summed E-state index contributed by atoms with van der Waals surface area (Å²) in [4.78, 5) is 24.2. The fourth-order valence-electron chi connectivity index (χ4n) is 1.92. The zero-order valence-electron chi connectivity index (χ0n) is 12.4. The second-order valence-corrected chi connectivity index (χ2v) is 4.99. The second-order valence-electron chi connectivity index (χ2n) is 4.99. The molecule has 5 nitrogen and oxygen atoms in total. The molecule has 0 aromatic heterocycles. The highest BCUT2D eigenvalue weighted by Crippen LogP contribution is 2.16. The molecule has 0 saturated carbocycles. The van der Waals surface area contributed by atoms with Gasteiger partial charge in [-0.25, -0.2) is 0 Å². The number of benzene rings is 2. The van der Waals surface area contributed by atoms with Gasteiger partial charge in [0.2, 0.25) is 0 Å². The minimum absolute atomic E-state index is 0.0883. The van der Waals surface area contributed by atoms with Gasteiger partial charge in [-0.1, -0.05) is 30.3 Å².